The summed E-state index contributed by atoms with van der Waals surface area (Å²) in [7, 11) is 0. The van der Waals surface area contributed by atoms with Crippen LogP contribution in [0.5, 0.6) is 0 Å². The zero-order valence-corrected chi connectivity index (χ0v) is 18.2. The molecule has 1 aliphatic rings. The maximum absolute atomic E-state index is 12.9. The van der Waals surface area contributed by atoms with Gasteiger partial charge in [-0.3, -0.25) is 4.79 Å². The SMILES string of the molecule is Cc1cc(-c2snnc2[C@@H]2CCCN(C(=O)CCc3nc4ccccc4s3)C2)on1. The van der Waals surface area contributed by atoms with Gasteiger partial charge >= 0.3 is 0 Å². The predicted octanol–water partition coefficient (Wildman–Crippen LogP) is 4.45. The minimum Gasteiger partial charge on any atom is -0.355 e. The number of fused-ring (bicyclic) bond motifs is 1. The molecule has 4 heterocycles. The minimum atomic E-state index is 0.171. The van der Waals surface area contributed by atoms with Gasteiger partial charge in [-0.2, -0.15) is 0 Å². The number of likely N-dealkylation sites (tertiary alicyclic amines) is 1. The van der Waals surface area contributed by atoms with Crippen LogP contribution >= 0.6 is 22.9 Å². The van der Waals surface area contributed by atoms with Crippen LogP contribution in [0.15, 0.2) is 34.9 Å². The highest BCUT2D eigenvalue weighted by Gasteiger charge is 2.29. The predicted molar refractivity (Wildman–Crippen MR) is 117 cm³/mol. The maximum atomic E-state index is 12.9. The van der Waals surface area contributed by atoms with Gasteiger partial charge in [-0.05, 0) is 43.4 Å². The lowest BCUT2D eigenvalue weighted by Crippen LogP contribution is -2.39. The number of para-hydroxylation sites is 1. The maximum Gasteiger partial charge on any atom is 0.223 e. The summed E-state index contributed by atoms with van der Waals surface area (Å²) < 4.78 is 10.7. The Morgan fingerprint density at radius 1 is 1.33 bits per heavy atom. The lowest BCUT2D eigenvalue weighted by molar-refractivity contribution is -0.132. The fraction of sp³-hybridized carbons (Fsp3) is 0.381. The highest BCUT2D eigenvalue weighted by Crippen LogP contribution is 2.35. The van der Waals surface area contributed by atoms with E-state index in [2.05, 4.69) is 25.8 Å². The Hall–Kier alpha value is -2.65. The van der Waals surface area contributed by atoms with Crippen molar-refractivity contribution in [3.05, 3.63) is 46.7 Å². The summed E-state index contributed by atoms with van der Waals surface area (Å²) in [6, 6.07) is 10.0. The van der Waals surface area contributed by atoms with Crippen molar-refractivity contribution in [3.8, 4) is 10.6 Å². The largest absolute Gasteiger partial charge is 0.355 e. The van der Waals surface area contributed by atoms with Crippen LogP contribution in [-0.2, 0) is 11.2 Å². The van der Waals surface area contributed by atoms with Crippen LogP contribution in [0.2, 0.25) is 0 Å². The second kappa shape index (κ2) is 8.23. The lowest BCUT2D eigenvalue weighted by Gasteiger charge is -2.32. The third-order valence-electron chi connectivity index (χ3n) is 5.42. The molecule has 4 aromatic rings. The summed E-state index contributed by atoms with van der Waals surface area (Å²) in [6.07, 6.45) is 3.12. The normalized spacial score (nSPS) is 17.0. The van der Waals surface area contributed by atoms with Crippen LogP contribution in [0, 0.1) is 6.92 Å². The molecule has 0 spiro atoms. The molecule has 7 nitrogen and oxygen atoms in total. The zero-order chi connectivity index (χ0) is 20.5. The summed E-state index contributed by atoms with van der Waals surface area (Å²) in [5.74, 6) is 1.06. The van der Waals surface area contributed by atoms with Crippen LogP contribution in [0.25, 0.3) is 20.9 Å². The van der Waals surface area contributed by atoms with Crippen molar-refractivity contribution in [2.24, 2.45) is 0 Å². The molecule has 1 aromatic carbocycles. The number of thiazole rings is 1. The number of piperidine rings is 1. The number of aryl methyl sites for hydroxylation is 2. The monoisotopic (exact) mass is 439 g/mol. The van der Waals surface area contributed by atoms with E-state index in [0.29, 0.717) is 25.1 Å². The quantitative estimate of drug-likeness (QED) is 0.457. The average Bonchev–Trinajstić information content (AvgIpc) is 3.50. The molecule has 0 aliphatic carbocycles. The van der Waals surface area contributed by atoms with Crippen molar-refractivity contribution < 1.29 is 9.32 Å². The first kappa shape index (κ1) is 19.3. The molecule has 5 rings (SSSR count). The second-order valence-corrected chi connectivity index (χ2v) is 9.44. The number of hydrogen-bond donors (Lipinski definition) is 0. The minimum absolute atomic E-state index is 0.171. The molecule has 154 valence electrons. The fourth-order valence-electron chi connectivity index (χ4n) is 3.93. The van der Waals surface area contributed by atoms with Crippen LogP contribution in [0.1, 0.15) is 41.6 Å². The van der Waals surface area contributed by atoms with E-state index in [1.165, 1.54) is 16.2 Å². The lowest BCUT2D eigenvalue weighted by atomic mass is 9.93. The van der Waals surface area contributed by atoms with Gasteiger partial charge in [-0.25, -0.2) is 4.98 Å². The van der Waals surface area contributed by atoms with E-state index in [1.54, 1.807) is 11.3 Å². The van der Waals surface area contributed by atoms with Crippen molar-refractivity contribution in [1.29, 1.82) is 0 Å². The molecular weight excluding hydrogens is 418 g/mol. The number of carbonyl (C=O) groups excluding carboxylic acids is 1. The summed E-state index contributed by atoms with van der Waals surface area (Å²) in [6.45, 7) is 3.36. The Morgan fingerprint density at radius 3 is 3.07 bits per heavy atom. The van der Waals surface area contributed by atoms with Gasteiger partial charge in [-0.15, -0.1) is 16.4 Å². The fourth-order valence-corrected chi connectivity index (χ4v) is 5.60. The summed E-state index contributed by atoms with van der Waals surface area (Å²) in [5.41, 5.74) is 2.76. The van der Waals surface area contributed by atoms with Crippen molar-refractivity contribution in [2.75, 3.05) is 13.1 Å². The van der Waals surface area contributed by atoms with E-state index >= 15 is 0 Å². The van der Waals surface area contributed by atoms with Gasteiger partial charge in [0.1, 0.15) is 4.88 Å². The van der Waals surface area contributed by atoms with Gasteiger partial charge in [-0.1, -0.05) is 21.8 Å². The van der Waals surface area contributed by atoms with E-state index < -0.39 is 0 Å². The van der Waals surface area contributed by atoms with E-state index in [-0.39, 0.29) is 11.8 Å². The van der Waals surface area contributed by atoms with Gasteiger partial charge in [0.25, 0.3) is 0 Å². The summed E-state index contributed by atoms with van der Waals surface area (Å²) in [5, 5.41) is 9.37. The van der Waals surface area contributed by atoms with Crippen LogP contribution < -0.4 is 0 Å². The summed E-state index contributed by atoms with van der Waals surface area (Å²) >= 11 is 2.99. The van der Waals surface area contributed by atoms with Gasteiger partial charge in [0.2, 0.25) is 5.91 Å². The number of aromatic nitrogens is 4. The first-order valence-electron chi connectivity index (χ1n) is 10.1. The standard InChI is InChI=1S/C21H21N5O2S2/c1-13-11-16(28-24-13)21-20(23-25-30-21)14-5-4-10-26(12-14)19(27)9-8-18-22-15-6-2-3-7-17(15)29-18/h2-3,6-7,11,14H,4-5,8-10,12H2,1H3/t14-/m1/s1. The number of carbonyl (C=O) groups is 1. The number of benzene rings is 1. The van der Waals surface area contributed by atoms with E-state index in [9.17, 15) is 4.79 Å². The van der Waals surface area contributed by atoms with Crippen LogP contribution in [-0.4, -0.2) is 43.6 Å². The number of nitrogens with zero attached hydrogens (tertiary/aromatic N) is 5. The number of rotatable bonds is 5. The third-order valence-corrected chi connectivity index (χ3v) is 7.27. The van der Waals surface area contributed by atoms with Gasteiger partial charge in [0, 0.05) is 37.9 Å². The van der Waals surface area contributed by atoms with Gasteiger partial charge in [0.05, 0.1) is 26.6 Å². The molecule has 9 heteroatoms. The molecular formula is C21H21N5O2S2. The molecule has 1 amide bonds. The van der Waals surface area contributed by atoms with Crippen molar-refractivity contribution in [2.45, 2.75) is 38.5 Å². The molecule has 0 saturated carbocycles. The Labute approximate surface area is 181 Å². The smallest absolute Gasteiger partial charge is 0.223 e. The Kier molecular flexibility index (Phi) is 5.30. The van der Waals surface area contributed by atoms with Crippen molar-refractivity contribution in [3.63, 3.8) is 0 Å². The average molecular weight is 440 g/mol. The number of amides is 1. The first-order valence-corrected chi connectivity index (χ1v) is 11.6. The summed E-state index contributed by atoms with van der Waals surface area (Å²) in [4.78, 5) is 20.4. The Morgan fingerprint density at radius 2 is 2.23 bits per heavy atom. The van der Waals surface area contributed by atoms with E-state index in [0.717, 1.165) is 46.2 Å². The topological polar surface area (TPSA) is 85.0 Å². The molecule has 0 unspecified atom stereocenters. The molecule has 1 aliphatic heterocycles. The van der Waals surface area contributed by atoms with Gasteiger partial charge in [0.15, 0.2) is 5.76 Å². The highest BCUT2D eigenvalue weighted by molar-refractivity contribution is 7.18. The van der Waals surface area contributed by atoms with E-state index in [1.807, 2.05) is 36.1 Å². The third kappa shape index (κ3) is 3.87. The molecule has 1 fully saturated rings. The van der Waals surface area contributed by atoms with E-state index in [4.69, 9.17) is 4.52 Å². The molecule has 3 aromatic heterocycles. The van der Waals surface area contributed by atoms with Crippen molar-refractivity contribution >= 4 is 39.0 Å². The van der Waals surface area contributed by atoms with Crippen LogP contribution in [0.4, 0.5) is 0 Å². The molecule has 0 bridgehead atoms. The highest BCUT2D eigenvalue weighted by atomic mass is 32.1. The van der Waals surface area contributed by atoms with Crippen LogP contribution in [0.3, 0.4) is 0 Å². The zero-order valence-electron chi connectivity index (χ0n) is 16.6. The Balaban J connectivity index is 1.25. The Bertz CT molecular complexity index is 1150. The second-order valence-electron chi connectivity index (χ2n) is 7.57. The number of hydrogen-bond acceptors (Lipinski definition) is 8. The molecule has 1 saturated heterocycles. The first-order chi connectivity index (χ1) is 14.7. The molecule has 1 atom stereocenters. The van der Waals surface area contributed by atoms with Gasteiger partial charge < -0.3 is 9.42 Å². The molecule has 30 heavy (non-hydrogen) atoms. The van der Waals surface area contributed by atoms with Crippen molar-refractivity contribution in [1.82, 2.24) is 24.6 Å². The molecule has 0 N–H and O–H groups in total. The molecule has 0 radical (unpaired) electrons.